The summed E-state index contributed by atoms with van der Waals surface area (Å²) in [5.41, 5.74) is 1.52. The molecule has 0 saturated heterocycles. The van der Waals surface area contributed by atoms with Crippen LogP contribution < -0.4 is 5.32 Å². The van der Waals surface area contributed by atoms with E-state index in [0.29, 0.717) is 17.0 Å². The molecule has 1 aromatic heterocycles. The minimum atomic E-state index is -0.339. The van der Waals surface area contributed by atoms with Crippen molar-refractivity contribution in [1.29, 1.82) is 0 Å². The van der Waals surface area contributed by atoms with Crippen molar-refractivity contribution in [3.63, 3.8) is 0 Å². The number of esters is 1. The van der Waals surface area contributed by atoms with Gasteiger partial charge in [0.2, 0.25) is 5.91 Å². The zero-order valence-corrected chi connectivity index (χ0v) is 18.6. The smallest absolute Gasteiger partial charge is 0.341 e. The second-order valence-electron chi connectivity index (χ2n) is 7.42. The monoisotopic (exact) mass is 395 g/mol. The molecule has 0 radical (unpaired) electrons. The summed E-state index contributed by atoms with van der Waals surface area (Å²) < 4.78 is 5.38. The van der Waals surface area contributed by atoms with Gasteiger partial charge in [0.25, 0.3) is 0 Å². The Morgan fingerprint density at radius 3 is 2.15 bits per heavy atom. The van der Waals surface area contributed by atoms with E-state index in [4.69, 9.17) is 4.74 Å². The van der Waals surface area contributed by atoms with Crippen LogP contribution in [0.15, 0.2) is 0 Å². The first-order chi connectivity index (χ1) is 12.9. The molecule has 1 heterocycles. The Labute approximate surface area is 169 Å². The molecule has 1 aromatic rings. The van der Waals surface area contributed by atoms with E-state index in [9.17, 15) is 9.59 Å². The van der Waals surface area contributed by atoms with Gasteiger partial charge in [-0.1, -0.05) is 58.8 Å². The van der Waals surface area contributed by atoms with Crippen molar-refractivity contribution in [1.82, 2.24) is 0 Å². The second-order valence-corrected chi connectivity index (χ2v) is 8.65. The summed E-state index contributed by atoms with van der Waals surface area (Å²) >= 11 is 1.47. The largest absolute Gasteiger partial charge is 0.459 e. The third kappa shape index (κ3) is 8.46. The van der Waals surface area contributed by atoms with Crippen molar-refractivity contribution < 1.29 is 14.3 Å². The quantitative estimate of drug-likeness (QED) is 0.300. The van der Waals surface area contributed by atoms with Crippen LogP contribution in [0, 0.1) is 6.92 Å². The molecule has 0 aliphatic rings. The van der Waals surface area contributed by atoms with Crippen molar-refractivity contribution in [2.24, 2.45) is 0 Å². The number of carbonyl (C=O) groups is 2. The van der Waals surface area contributed by atoms with E-state index in [0.717, 1.165) is 29.7 Å². The Kier molecular flexibility index (Phi) is 11.3. The van der Waals surface area contributed by atoms with Crippen molar-refractivity contribution in [2.45, 2.75) is 105 Å². The highest BCUT2D eigenvalue weighted by molar-refractivity contribution is 7.16. The second kappa shape index (κ2) is 12.9. The fourth-order valence-electron chi connectivity index (χ4n) is 3.19. The first-order valence-corrected chi connectivity index (χ1v) is 11.3. The van der Waals surface area contributed by atoms with Gasteiger partial charge < -0.3 is 10.1 Å². The summed E-state index contributed by atoms with van der Waals surface area (Å²) in [7, 11) is 0. The Morgan fingerprint density at radius 1 is 1.00 bits per heavy atom. The van der Waals surface area contributed by atoms with Gasteiger partial charge in [0, 0.05) is 11.3 Å². The number of carbonyl (C=O) groups excluding carboxylic acids is 2. The maximum absolute atomic E-state index is 12.5. The molecule has 0 aliphatic carbocycles. The molecule has 0 aliphatic heterocycles. The summed E-state index contributed by atoms with van der Waals surface area (Å²) in [5.74, 6) is -0.350. The van der Waals surface area contributed by atoms with Crippen molar-refractivity contribution in [3.05, 3.63) is 16.0 Å². The van der Waals surface area contributed by atoms with Crippen LogP contribution in [-0.2, 0) is 16.0 Å². The summed E-state index contributed by atoms with van der Waals surface area (Å²) in [6.07, 6.45) is 10.7. The number of anilines is 1. The average molecular weight is 396 g/mol. The molecule has 0 saturated carbocycles. The summed E-state index contributed by atoms with van der Waals surface area (Å²) in [6.45, 7) is 9.91. The Hall–Kier alpha value is -1.36. The topological polar surface area (TPSA) is 55.4 Å². The van der Waals surface area contributed by atoms with E-state index in [1.165, 1.54) is 49.9 Å². The van der Waals surface area contributed by atoms with Crippen molar-refractivity contribution >= 4 is 28.2 Å². The highest BCUT2D eigenvalue weighted by atomic mass is 32.1. The Bertz CT molecular complexity index is 593. The number of unbranched alkanes of at least 4 members (excludes halogenated alkanes) is 7. The molecule has 5 heteroatoms. The fourth-order valence-corrected chi connectivity index (χ4v) is 4.34. The van der Waals surface area contributed by atoms with Crippen LogP contribution in [0.25, 0.3) is 0 Å². The van der Waals surface area contributed by atoms with Gasteiger partial charge in [-0.25, -0.2) is 4.79 Å². The molecular weight excluding hydrogens is 358 g/mol. The van der Waals surface area contributed by atoms with Crippen LogP contribution in [0.5, 0.6) is 0 Å². The van der Waals surface area contributed by atoms with Crippen LogP contribution in [-0.4, -0.2) is 18.0 Å². The van der Waals surface area contributed by atoms with Gasteiger partial charge >= 0.3 is 5.97 Å². The maximum atomic E-state index is 12.5. The highest BCUT2D eigenvalue weighted by Crippen LogP contribution is 2.34. The molecular formula is C22H37NO3S. The molecule has 27 heavy (non-hydrogen) atoms. The number of ether oxygens (including phenoxy) is 1. The summed E-state index contributed by atoms with van der Waals surface area (Å²) in [4.78, 5) is 25.9. The van der Waals surface area contributed by atoms with Crippen LogP contribution >= 0.6 is 11.3 Å². The Balaban J connectivity index is 2.52. The number of thiophene rings is 1. The van der Waals surface area contributed by atoms with Gasteiger partial charge in [-0.15, -0.1) is 11.3 Å². The SMILES string of the molecule is CCCCCCCCCCC(=O)Nc1sc(C)c(CC)c1C(=O)OC(C)C. The lowest BCUT2D eigenvalue weighted by Gasteiger charge is -2.11. The molecule has 154 valence electrons. The lowest BCUT2D eigenvalue weighted by Crippen LogP contribution is -2.17. The first kappa shape index (κ1) is 23.7. The average Bonchev–Trinajstić information content (AvgIpc) is 2.91. The van der Waals surface area contributed by atoms with E-state index in [1.54, 1.807) is 0 Å². The zero-order chi connectivity index (χ0) is 20.2. The third-order valence-electron chi connectivity index (χ3n) is 4.62. The first-order valence-electron chi connectivity index (χ1n) is 10.5. The zero-order valence-electron chi connectivity index (χ0n) is 17.8. The number of hydrogen-bond donors (Lipinski definition) is 1. The number of amides is 1. The van der Waals surface area contributed by atoms with E-state index >= 15 is 0 Å². The van der Waals surface area contributed by atoms with Crippen LogP contribution in [0.2, 0.25) is 0 Å². The standard InChI is InChI=1S/C22H37NO3S/c1-6-8-9-10-11-12-13-14-15-19(24)23-21-20(22(25)26-16(3)4)18(7-2)17(5)27-21/h16H,6-15H2,1-5H3,(H,23,24). The van der Waals surface area contributed by atoms with E-state index in [1.807, 2.05) is 27.7 Å². The van der Waals surface area contributed by atoms with E-state index in [2.05, 4.69) is 12.2 Å². The molecule has 1 rings (SSSR count). The molecule has 1 N–H and O–H groups in total. The van der Waals surface area contributed by atoms with Gasteiger partial charge in [0.15, 0.2) is 0 Å². The molecule has 0 spiro atoms. The van der Waals surface area contributed by atoms with Gasteiger partial charge in [-0.2, -0.15) is 0 Å². The number of nitrogens with one attached hydrogen (secondary N) is 1. The molecule has 0 unspecified atom stereocenters. The highest BCUT2D eigenvalue weighted by Gasteiger charge is 2.24. The fraction of sp³-hybridized carbons (Fsp3) is 0.727. The van der Waals surface area contributed by atoms with Gasteiger partial charge in [-0.3, -0.25) is 4.79 Å². The van der Waals surface area contributed by atoms with Crippen LogP contribution in [0.1, 0.15) is 106 Å². The number of aryl methyl sites for hydroxylation is 1. The van der Waals surface area contributed by atoms with Gasteiger partial charge in [0.05, 0.1) is 11.7 Å². The molecule has 4 nitrogen and oxygen atoms in total. The van der Waals surface area contributed by atoms with Crippen molar-refractivity contribution in [2.75, 3.05) is 5.32 Å². The van der Waals surface area contributed by atoms with Crippen LogP contribution in [0.3, 0.4) is 0 Å². The number of rotatable bonds is 13. The normalized spacial score (nSPS) is 11.0. The van der Waals surface area contributed by atoms with E-state index < -0.39 is 0 Å². The summed E-state index contributed by atoms with van der Waals surface area (Å²) in [5, 5.41) is 3.60. The minimum Gasteiger partial charge on any atom is -0.459 e. The molecule has 0 fully saturated rings. The van der Waals surface area contributed by atoms with Gasteiger partial charge in [-0.05, 0) is 39.2 Å². The number of hydrogen-bond acceptors (Lipinski definition) is 4. The predicted molar refractivity (Wildman–Crippen MR) is 115 cm³/mol. The van der Waals surface area contributed by atoms with E-state index in [-0.39, 0.29) is 18.0 Å². The van der Waals surface area contributed by atoms with Gasteiger partial charge in [0.1, 0.15) is 5.00 Å². The third-order valence-corrected chi connectivity index (χ3v) is 5.68. The molecule has 0 aromatic carbocycles. The predicted octanol–water partition coefficient (Wildman–Crippen LogP) is 6.65. The minimum absolute atomic E-state index is 0.0107. The lowest BCUT2D eigenvalue weighted by atomic mass is 10.1. The maximum Gasteiger partial charge on any atom is 0.341 e. The molecule has 0 atom stereocenters. The van der Waals surface area contributed by atoms with Crippen LogP contribution in [0.4, 0.5) is 5.00 Å². The molecule has 0 bridgehead atoms. The summed E-state index contributed by atoms with van der Waals surface area (Å²) in [6, 6.07) is 0. The lowest BCUT2D eigenvalue weighted by molar-refractivity contribution is -0.116. The van der Waals surface area contributed by atoms with Crippen molar-refractivity contribution in [3.8, 4) is 0 Å². The Morgan fingerprint density at radius 2 is 1.59 bits per heavy atom. The molecule has 1 amide bonds.